The molecule has 3 N–H and O–H groups in total. The van der Waals surface area contributed by atoms with Crippen LogP contribution in [-0.4, -0.2) is 46.1 Å². The molecule has 0 aliphatic carbocycles. The molecule has 0 aliphatic heterocycles. The van der Waals surface area contributed by atoms with Crippen LogP contribution in [0.25, 0.3) is 0 Å². The van der Waals surface area contributed by atoms with Gasteiger partial charge in [0.05, 0.1) is 17.4 Å². The minimum absolute atomic E-state index is 0.0686. The SMILES string of the molecule is Cc1cc(NC(=O)CSCC(=O)NCC(C)C(=O)O)no1. The molecule has 0 saturated heterocycles. The van der Waals surface area contributed by atoms with Crippen LogP contribution in [0.2, 0.25) is 0 Å². The lowest BCUT2D eigenvalue weighted by atomic mass is 10.2. The predicted octanol–water partition coefficient (Wildman–Crippen LogP) is 0.492. The van der Waals surface area contributed by atoms with Crippen LogP contribution in [-0.2, 0) is 14.4 Å². The molecule has 0 fully saturated rings. The number of nitrogens with zero attached hydrogens (tertiary/aromatic N) is 1. The van der Waals surface area contributed by atoms with Crippen LogP contribution >= 0.6 is 11.8 Å². The lowest BCUT2D eigenvalue weighted by molar-refractivity contribution is -0.141. The van der Waals surface area contributed by atoms with E-state index in [2.05, 4.69) is 15.8 Å². The second-order valence-electron chi connectivity index (χ2n) is 4.41. The second-order valence-corrected chi connectivity index (χ2v) is 5.39. The van der Waals surface area contributed by atoms with Crippen molar-refractivity contribution in [1.29, 1.82) is 0 Å². The van der Waals surface area contributed by atoms with Gasteiger partial charge in [-0.25, -0.2) is 0 Å². The van der Waals surface area contributed by atoms with E-state index in [1.807, 2.05) is 0 Å². The number of nitrogens with one attached hydrogen (secondary N) is 2. The maximum absolute atomic E-state index is 11.5. The van der Waals surface area contributed by atoms with Crippen LogP contribution in [0.4, 0.5) is 5.82 Å². The maximum atomic E-state index is 11.5. The topological polar surface area (TPSA) is 122 Å². The number of carboxylic acids is 1. The molecule has 1 atom stereocenters. The summed E-state index contributed by atoms with van der Waals surface area (Å²) in [6.07, 6.45) is 0. The summed E-state index contributed by atoms with van der Waals surface area (Å²) < 4.78 is 4.80. The Morgan fingerprint density at radius 2 is 2.05 bits per heavy atom. The zero-order valence-corrected chi connectivity index (χ0v) is 12.5. The maximum Gasteiger partial charge on any atom is 0.308 e. The van der Waals surface area contributed by atoms with Crippen molar-refractivity contribution < 1.29 is 24.0 Å². The van der Waals surface area contributed by atoms with E-state index in [4.69, 9.17) is 9.63 Å². The first-order chi connectivity index (χ1) is 9.88. The molecule has 1 heterocycles. The van der Waals surface area contributed by atoms with Gasteiger partial charge in [-0.1, -0.05) is 12.1 Å². The Labute approximate surface area is 125 Å². The average Bonchev–Trinajstić information content (AvgIpc) is 2.81. The number of aromatic nitrogens is 1. The number of amides is 2. The normalized spacial score (nSPS) is 11.7. The third-order valence-corrected chi connectivity index (χ3v) is 3.32. The van der Waals surface area contributed by atoms with Gasteiger partial charge in [0.2, 0.25) is 11.8 Å². The van der Waals surface area contributed by atoms with E-state index < -0.39 is 11.9 Å². The lowest BCUT2D eigenvalue weighted by Crippen LogP contribution is -2.32. The molecule has 1 aromatic rings. The summed E-state index contributed by atoms with van der Waals surface area (Å²) in [5.74, 6) is -1.12. The fourth-order valence-corrected chi connectivity index (χ4v) is 1.89. The van der Waals surface area contributed by atoms with Gasteiger partial charge in [0.15, 0.2) is 5.82 Å². The first kappa shape index (κ1) is 17.0. The average molecular weight is 315 g/mol. The third kappa shape index (κ3) is 6.80. The molecule has 1 aromatic heterocycles. The summed E-state index contributed by atoms with van der Waals surface area (Å²) in [6, 6.07) is 1.59. The first-order valence-corrected chi connectivity index (χ1v) is 7.34. The Morgan fingerprint density at radius 3 is 2.62 bits per heavy atom. The van der Waals surface area contributed by atoms with Crippen molar-refractivity contribution in [2.75, 3.05) is 23.4 Å². The molecule has 8 nitrogen and oxygen atoms in total. The Balaban J connectivity index is 2.16. The van der Waals surface area contributed by atoms with Gasteiger partial charge < -0.3 is 20.3 Å². The molecular weight excluding hydrogens is 298 g/mol. The molecule has 1 rings (SSSR count). The van der Waals surface area contributed by atoms with Crippen LogP contribution in [0.1, 0.15) is 12.7 Å². The van der Waals surface area contributed by atoms with Crippen molar-refractivity contribution in [3.8, 4) is 0 Å². The summed E-state index contributed by atoms with van der Waals surface area (Å²) in [6.45, 7) is 3.28. The number of hydrogen-bond donors (Lipinski definition) is 3. The minimum atomic E-state index is -0.967. The van der Waals surface area contributed by atoms with Gasteiger partial charge in [-0.15, -0.1) is 11.8 Å². The number of thioether (sulfide) groups is 1. The standard InChI is InChI=1S/C12H17N3O5S/c1-7(12(18)19)4-13-10(16)5-21-6-11(17)14-9-3-8(2)20-15-9/h3,7H,4-6H2,1-2H3,(H,13,16)(H,18,19)(H,14,15,17). The summed E-state index contributed by atoms with van der Waals surface area (Å²) in [4.78, 5) is 33.5. The molecule has 9 heteroatoms. The highest BCUT2D eigenvalue weighted by Crippen LogP contribution is 2.08. The molecule has 0 bridgehead atoms. The minimum Gasteiger partial charge on any atom is -0.481 e. The summed E-state index contributed by atoms with van der Waals surface area (Å²) in [5, 5.41) is 17.3. The number of carbonyl (C=O) groups is 3. The van der Waals surface area contributed by atoms with E-state index in [0.717, 1.165) is 11.8 Å². The first-order valence-electron chi connectivity index (χ1n) is 6.19. The molecule has 0 aromatic carbocycles. The van der Waals surface area contributed by atoms with Crippen LogP contribution in [0.3, 0.4) is 0 Å². The monoisotopic (exact) mass is 315 g/mol. The molecule has 0 aliphatic rings. The molecule has 0 saturated carbocycles. The molecular formula is C12H17N3O5S. The van der Waals surface area contributed by atoms with Crippen molar-refractivity contribution in [1.82, 2.24) is 10.5 Å². The van der Waals surface area contributed by atoms with Gasteiger partial charge in [0.25, 0.3) is 0 Å². The third-order valence-electron chi connectivity index (χ3n) is 2.39. The smallest absolute Gasteiger partial charge is 0.308 e. The zero-order chi connectivity index (χ0) is 15.8. The second kappa shape index (κ2) is 8.30. The van der Waals surface area contributed by atoms with Gasteiger partial charge in [-0.2, -0.15) is 0 Å². The van der Waals surface area contributed by atoms with E-state index in [1.54, 1.807) is 13.0 Å². The highest BCUT2D eigenvalue weighted by Gasteiger charge is 2.12. The van der Waals surface area contributed by atoms with Crippen LogP contribution < -0.4 is 10.6 Å². The molecule has 116 valence electrons. The van der Waals surface area contributed by atoms with Gasteiger partial charge in [0.1, 0.15) is 5.76 Å². The number of carbonyl (C=O) groups excluding carboxylic acids is 2. The predicted molar refractivity (Wildman–Crippen MR) is 77.0 cm³/mol. The van der Waals surface area contributed by atoms with E-state index >= 15 is 0 Å². The van der Waals surface area contributed by atoms with Gasteiger partial charge >= 0.3 is 5.97 Å². The Kier molecular flexibility index (Phi) is 6.73. The number of carboxylic acid groups (broad SMARTS) is 1. The fraction of sp³-hybridized carbons (Fsp3) is 0.500. The lowest BCUT2D eigenvalue weighted by Gasteiger charge is -2.08. The summed E-state index contributed by atoms with van der Waals surface area (Å²) in [7, 11) is 0. The Morgan fingerprint density at radius 1 is 1.38 bits per heavy atom. The highest BCUT2D eigenvalue weighted by molar-refractivity contribution is 8.00. The van der Waals surface area contributed by atoms with Gasteiger partial charge in [-0.05, 0) is 6.92 Å². The van der Waals surface area contributed by atoms with Gasteiger partial charge in [0, 0.05) is 12.6 Å². The largest absolute Gasteiger partial charge is 0.481 e. The number of rotatable bonds is 8. The Hall–Kier alpha value is -2.03. The Bertz CT molecular complexity index is 517. The highest BCUT2D eigenvalue weighted by atomic mass is 32.2. The van der Waals surface area contributed by atoms with Crippen molar-refractivity contribution in [2.45, 2.75) is 13.8 Å². The summed E-state index contributed by atoms with van der Waals surface area (Å²) in [5.41, 5.74) is 0. The number of aryl methyl sites for hydroxylation is 1. The molecule has 1 unspecified atom stereocenters. The zero-order valence-electron chi connectivity index (χ0n) is 11.7. The quantitative estimate of drug-likeness (QED) is 0.638. The molecule has 0 radical (unpaired) electrons. The van der Waals surface area contributed by atoms with E-state index in [1.165, 1.54) is 6.92 Å². The number of anilines is 1. The fourth-order valence-electron chi connectivity index (χ4n) is 1.25. The van der Waals surface area contributed by atoms with Crippen molar-refractivity contribution in [2.24, 2.45) is 5.92 Å². The molecule has 0 spiro atoms. The summed E-state index contributed by atoms with van der Waals surface area (Å²) >= 11 is 1.13. The van der Waals surface area contributed by atoms with Crippen LogP contribution in [0.15, 0.2) is 10.6 Å². The number of hydrogen-bond acceptors (Lipinski definition) is 6. The van der Waals surface area contributed by atoms with Gasteiger partial charge in [-0.3, -0.25) is 14.4 Å². The van der Waals surface area contributed by atoms with Crippen LogP contribution in [0, 0.1) is 12.8 Å². The van der Waals surface area contributed by atoms with E-state index in [-0.39, 0.29) is 29.9 Å². The van der Waals surface area contributed by atoms with Crippen molar-refractivity contribution in [3.05, 3.63) is 11.8 Å². The molecule has 21 heavy (non-hydrogen) atoms. The van der Waals surface area contributed by atoms with Crippen molar-refractivity contribution in [3.63, 3.8) is 0 Å². The van der Waals surface area contributed by atoms with Crippen molar-refractivity contribution >= 4 is 35.4 Å². The number of aliphatic carboxylic acids is 1. The van der Waals surface area contributed by atoms with Crippen LogP contribution in [0.5, 0.6) is 0 Å². The van der Waals surface area contributed by atoms with E-state index in [0.29, 0.717) is 11.6 Å². The van der Waals surface area contributed by atoms with E-state index in [9.17, 15) is 14.4 Å². The molecule has 2 amide bonds.